The van der Waals surface area contributed by atoms with Crippen molar-refractivity contribution in [3.05, 3.63) is 67.5 Å². The Bertz CT molecular complexity index is 1290. The van der Waals surface area contributed by atoms with Gasteiger partial charge in [0.25, 0.3) is 0 Å². The highest BCUT2D eigenvalue weighted by molar-refractivity contribution is 7.12. The summed E-state index contributed by atoms with van der Waals surface area (Å²) >= 11 is 9.01. The Hall–Kier alpha value is -2.47. The number of amides is 1. The van der Waals surface area contributed by atoms with Crippen LogP contribution in [0.25, 0.3) is 0 Å². The van der Waals surface area contributed by atoms with Crippen LogP contribution in [0.5, 0.6) is 5.75 Å². The molecule has 4 rings (SSSR count). The van der Waals surface area contributed by atoms with Crippen LogP contribution in [0, 0.1) is 5.41 Å². The van der Waals surface area contributed by atoms with Crippen molar-refractivity contribution < 1.29 is 29.3 Å². The van der Waals surface area contributed by atoms with Crippen molar-refractivity contribution in [3.63, 3.8) is 0 Å². The Kier molecular flexibility index (Phi) is 10.2. The van der Waals surface area contributed by atoms with Crippen LogP contribution in [0.2, 0.25) is 5.02 Å². The third-order valence-corrected chi connectivity index (χ3v) is 9.91. The lowest BCUT2D eigenvalue weighted by atomic mass is 9.87. The first kappa shape index (κ1) is 31.5. The Balaban J connectivity index is 1.33. The third kappa shape index (κ3) is 6.96. The molecule has 2 aromatic heterocycles. The number of hydrogen-bond acceptors (Lipinski definition) is 9. The maximum Gasteiger partial charge on any atom is 0.349 e. The van der Waals surface area contributed by atoms with Gasteiger partial charge < -0.3 is 29.9 Å². The highest BCUT2D eigenvalue weighted by Gasteiger charge is 2.45. The second kappa shape index (κ2) is 13.2. The van der Waals surface area contributed by atoms with Gasteiger partial charge in [-0.1, -0.05) is 23.7 Å². The molecule has 3 aromatic rings. The van der Waals surface area contributed by atoms with Gasteiger partial charge in [-0.05, 0) is 75.5 Å². The molecule has 41 heavy (non-hydrogen) atoms. The number of benzene rings is 1. The number of anilines is 1. The number of nitrogens with one attached hydrogen (secondary N) is 1. The van der Waals surface area contributed by atoms with E-state index in [1.807, 2.05) is 43.8 Å². The molecule has 1 fully saturated rings. The molecule has 8 nitrogen and oxygen atoms in total. The van der Waals surface area contributed by atoms with Crippen molar-refractivity contribution >= 4 is 51.8 Å². The number of thiophene rings is 2. The van der Waals surface area contributed by atoms with Crippen molar-refractivity contribution in [2.24, 2.45) is 5.41 Å². The Morgan fingerprint density at radius 2 is 1.71 bits per heavy atom. The molecular formula is C30H37ClN2O6S2. The molecule has 0 radical (unpaired) electrons. The predicted molar refractivity (Wildman–Crippen MR) is 163 cm³/mol. The van der Waals surface area contributed by atoms with Gasteiger partial charge in [0.2, 0.25) is 11.5 Å². The van der Waals surface area contributed by atoms with E-state index in [1.54, 1.807) is 24.3 Å². The van der Waals surface area contributed by atoms with Gasteiger partial charge in [-0.2, -0.15) is 0 Å². The summed E-state index contributed by atoms with van der Waals surface area (Å²) in [6, 6.07) is 10.6. The molecule has 1 aliphatic carbocycles. The van der Waals surface area contributed by atoms with E-state index < -0.39 is 17.0 Å². The summed E-state index contributed by atoms with van der Waals surface area (Å²) in [7, 11) is 3.50. The standard InChI is InChI=1S/C30H37ClN2O6S2/c1-29(2,27(35)32-23-16-24(38-4)19(17-34)15-22(23)31)18-33(3)20-9-11-21(12-10-20)39-28(36)30(37,25-7-5-13-40-25)26-8-6-14-41-26/h5-8,13-16,20-21,34,37H,9-12,17-18H2,1-4H3,(H,32,35)/t20-,21-. The van der Waals surface area contributed by atoms with E-state index >= 15 is 0 Å². The molecule has 222 valence electrons. The van der Waals surface area contributed by atoms with Crippen molar-refractivity contribution in [3.8, 4) is 5.75 Å². The Labute approximate surface area is 253 Å². The minimum absolute atomic E-state index is 0.186. The summed E-state index contributed by atoms with van der Waals surface area (Å²) in [4.78, 5) is 29.8. The average molecular weight is 621 g/mol. The summed E-state index contributed by atoms with van der Waals surface area (Å²) in [5, 5.41) is 27.9. The first-order valence-corrected chi connectivity index (χ1v) is 15.6. The molecule has 11 heteroatoms. The van der Waals surface area contributed by atoms with Crippen molar-refractivity contribution in [2.75, 3.05) is 26.0 Å². The molecule has 0 saturated heterocycles. The number of esters is 1. The van der Waals surface area contributed by atoms with Crippen LogP contribution in [0.15, 0.2) is 47.2 Å². The Morgan fingerprint density at radius 1 is 1.10 bits per heavy atom. The smallest absolute Gasteiger partial charge is 0.349 e. The lowest BCUT2D eigenvalue weighted by Gasteiger charge is -2.38. The van der Waals surface area contributed by atoms with E-state index in [9.17, 15) is 19.8 Å². The monoisotopic (exact) mass is 620 g/mol. The molecule has 1 amide bonds. The second-order valence-corrected chi connectivity index (χ2v) is 13.4. The van der Waals surface area contributed by atoms with Crippen LogP contribution < -0.4 is 10.1 Å². The molecular weight excluding hydrogens is 584 g/mol. The lowest BCUT2D eigenvalue weighted by Crippen LogP contribution is -2.46. The van der Waals surface area contributed by atoms with Gasteiger partial charge in [-0.3, -0.25) is 4.79 Å². The molecule has 0 spiro atoms. The summed E-state index contributed by atoms with van der Waals surface area (Å²) in [5.41, 5.74) is -1.58. The van der Waals surface area contributed by atoms with E-state index in [4.69, 9.17) is 21.1 Å². The van der Waals surface area contributed by atoms with Gasteiger partial charge in [0.1, 0.15) is 11.9 Å². The summed E-state index contributed by atoms with van der Waals surface area (Å²) in [5.74, 6) is -0.378. The van der Waals surface area contributed by atoms with Crippen molar-refractivity contribution in [1.29, 1.82) is 0 Å². The number of halogens is 1. The van der Waals surface area contributed by atoms with E-state index in [0.29, 0.717) is 51.2 Å². The van der Waals surface area contributed by atoms with Crippen LogP contribution in [0.1, 0.15) is 54.8 Å². The number of nitrogens with zero attached hydrogens (tertiary/aromatic N) is 1. The van der Waals surface area contributed by atoms with E-state index in [-0.39, 0.29) is 24.7 Å². The number of hydrogen-bond donors (Lipinski definition) is 3. The maximum atomic E-state index is 13.3. The van der Waals surface area contributed by atoms with Gasteiger partial charge >= 0.3 is 5.97 Å². The molecule has 0 aliphatic heterocycles. The summed E-state index contributed by atoms with van der Waals surface area (Å²) in [6.07, 6.45) is 2.66. The Morgan fingerprint density at radius 3 is 2.22 bits per heavy atom. The van der Waals surface area contributed by atoms with Crippen molar-refractivity contribution in [1.82, 2.24) is 4.90 Å². The highest BCUT2D eigenvalue weighted by Crippen LogP contribution is 2.38. The molecule has 2 heterocycles. The minimum atomic E-state index is -1.81. The second-order valence-electron chi connectivity index (χ2n) is 11.1. The summed E-state index contributed by atoms with van der Waals surface area (Å²) < 4.78 is 11.2. The maximum absolute atomic E-state index is 13.3. The zero-order chi connectivity index (χ0) is 29.8. The molecule has 0 unspecified atom stereocenters. The normalized spacial score (nSPS) is 17.9. The SMILES string of the molecule is COc1cc(NC(=O)C(C)(C)CN(C)[C@H]2CC[C@H](OC(=O)C(O)(c3cccs3)c3cccs3)CC2)c(Cl)cc1CO. The molecule has 1 saturated carbocycles. The number of rotatable bonds is 11. The average Bonchev–Trinajstić information content (AvgIpc) is 3.69. The number of aliphatic hydroxyl groups excluding tert-OH is 1. The van der Waals surface area contributed by atoms with E-state index in [2.05, 4.69) is 10.2 Å². The zero-order valence-electron chi connectivity index (χ0n) is 23.7. The van der Waals surface area contributed by atoms with Crippen LogP contribution in [-0.2, 0) is 26.5 Å². The molecule has 1 aliphatic rings. The summed E-state index contributed by atoms with van der Waals surface area (Å²) in [6.45, 7) is 4.05. The lowest BCUT2D eigenvalue weighted by molar-refractivity contribution is -0.169. The number of carbonyl (C=O) groups is 2. The number of ether oxygens (including phenoxy) is 2. The van der Waals surface area contributed by atoms with Crippen LogP contribution in [-0.4, -0.2) is 59.8 Å². The van der Waals surface area contributed by atoms with Crippen LogP contribution in [0.3, 0.4) is 0 Å². The fourth-order valence-corrected chi connectivity index (χ4v) is 7.20. The molecule has 0 atom stereocenters. The van der Waals surface area contributed by atoms with E-state index in [0.717, 1.165) is 12.8 Å². The fourth-order valence-electron chi connectivity index (χ4n) is 5.25. The number of aliphatic hydroxyl groups is 2. The van der Waals surface area contributed by atoms with Gasteiger partial charge in [0.05, 0.1) is 39.6 Å². The number of carbonyl (C=O) groups excluding carboxylic acids is 2. The van der Waals surface area contributed by atoms with Gasteiger partial charge in [-0.25, -0.2) is 4.79 Å². The van der Waals surface area contributed by atoms with Crippen molar-refractivity contribution in [2.45, 2.75) is 63.9 Å². The highest BCUT2D eigenvalue weighted by atomic mass is 35.5. The van der Waals surface area contributed by atoms with Gasteiger partial charge in [0, 0.05) is 24.2 Å². The predicted octanol–water partition coefficient (Wildman–Crippen LogP) is 5.65. The topological polar surface area (TPSA) is 108 Å². The largest absolute Gasteiger partial charge is 0.496 e. The quantitative estimate of drug-likeness (QED) is 0.238. The van der Waals surface area contributed by atoms with Crippen LogP contribution >= 0.6 is 34.3 Å². The van der Waals surface area contributed by atoms with Gasteiger partial charge in [-0.15, -0.1) is 22.7 Å². The fraction of sp³-hybridized carbons (Fsp3) is 0.467. The van der Waals surface area contributed by atoms with Crippen LogP contribution in [0.4, 0.5) is 5.69 Å². The first-order valence-electron chi connectivity index (χ1n) is 13.5. The third-order valence-electron chi connectivity index (χ3n) is 7.64. The molecule has 3 N–H and O–H groups in total. The number of methoxy groups -OCH3 is 1. The van der Waals surface area contributed by atoms with Gasteiger partial charge in [0.15, 0.2) is 0 Å². The molecule has 1 aromatic carbocycles. The van der Waals surface area contributed by atoms with E-state index in [1.165, 1.54) is 29.8 Å². The molecule has 0 bridgehead atoms. The first-order chi connectivity index (χ1) is 19.5. The zero-order valence-corrected chi connectivity index (χ0v) is 26.1. The minimum Gasteiger partial charge on any atom is -0.496 e.